The van der Waals surface area contributed by atoms with Crippen molar-refractivity contribution in [3.05, 3.63) is 29.3 Å². The highest BCUT2D eigenvalue weighted by Crippen LogP contribution is 2.37. The Bertz CT molecular complexity index is 465. The minimum atomic E-state index is -0.407. The van der Waals surface area contributed by atoms with Gasteiger partial charge in [-0.3, -0.25) is 4.79 Å². The summed E-state index contributed by atoms with van der Waals surface area (Å²) in [5, 5.41) is 0. The lowest BCUT2D eigenvalue weighted by Crippen LogP contribution is -2.51. The van der Waals surface area contributed by atoms with Crippen molar-refractivity contribution in [1.29, 1.82) is 0 Å². The third kappa shape index (κ3) is 2.73. The average Bonchev–Trinajstić information content (AvgIpc) is 2.37. The lowest BCUT2D eigenvalue weighted by molar-refractivity contribution is -0.151. The quantitative estimate of drug-likeness (QED) is 0.823. The molecule has 1 aromatic rings. The number of Topliss-reactive ketones (excluding diaryl/α,β-unsaturated/α-hetero) is 1. The summed E-state index contributed by atoms with van der Waals surface area (Å²) in [5.74, 6) is 1.85. The minimum absolute atomic E-state index is 0.130. The van der Waals surface area contributed by atoms with Crippen molar-refractivity contribution < 1.29 is 14.3 Å². The molecule has 2 unspecified atom stereocenters. The molecule has 110 valence electrons. The number of carbonyl (C=O) groups excluding carboxylic acids is 1. The number of hydrogen-bond donors (Lipinski definition) is 0. The van der Waals surface area contributed by atoms with Crippen LogP contribution < -0.4 is 4.74 Å². The molecule has 0 N–H and O–H groups in total. The summed E-state index contributed by atoms with van der Waals surface area (Å²) in [6.45, 7) is 8.64. The Morgan fingerprint density at radius 2 is 1.65 bits per heavy atom. The highest BCUT2D eigenvalue weighted by Gasteiger charge is 2.42. The van der Waals surface area contributed by atoms with Crippen LogP contribution in [0.15, 0.2) is 18.2 Å². The Labute approximate surface area is 121 Å². The zero-order valence-corrected chi connectivity index (χ0v) is 13.0. The molecule has 1 aliphatic carbocycles. The predicted octanol–water partition coefficient (Wildman–Crippen LogP) is 3.67. The zero-order chi connectivity index (χ0) is 14.9. The van der Waals surface area contributed by atoms with Gasteiger partial charge in [0.2, 0.25) is 0 Å². The lowest BCUT2D eigenvalue weighted by atomic mass is 9.89. The second kappa shape index (κ2) is 5.96. The van der Waals surface area contributed by atoms with Crippen LogP contribution in [0.1, 0.15) is 57.1 Å². The first-order valence-corrected chi connectivity index (χ1v) is 7.30. The van der Waals surface area contributed by atoms with E-state index in [0.29, 0.717) is 18.3 Å². The number of rotatable bonds is 5. The summed E-state index contributed by atoms with van der Waals surface area (Å²) in [6, 6.07) is 6.29. The van der Waals surface area contributed by atoms with E-state index in [4.69, 9.17) is 9.47 Å². The molecule has 0 aliphatic heterocycles. The second-order valence-corrected chi connectivity index (χ2v) is 6.06. The number of hydrogen-bond acceptors (Lipinski definition) is 3. The molecular weight excluding hydrogens is 252 g/mol. The highest BCUT2D eigenvalue weighted by atomic mass is 16.5. The van der Waals surface area contributed by atoms with Crippen LogP contribution in [0, 0.1) is 0 Å². The fourth-order valence-electron chi connectivity index (χ4n) is 2.63. The maximum atomic E-state index is 11.5. The third-order valence-corrected chi connectivity index (χ3v) is 3.90. The van der Waals surface area contributed by atoms with Crippen LogP contribution in [0.2, 0.25) is 0 Å². The van der Waals surface area contributed by atoms with E-state index in [0.717, 1.165) is 5.75 Å². The Morgan fingerprint density at radius 1 is 1.10 bits per heavy atom. The number of ketones is 1. The fourth-order valence-corrected chi connectivity index (χ4v) is 2.63. The van der Waals surface area contributed by atoms with E-state index >= 15 is 0 Å². The predicted molar refractivity (Wildman–Crippen MR) is 79.5 cm³/mol. The van der Waals surface area contributed by atoms with Gasteiger partial charge >= 0.3 is 0 Å². The molecule has 3 nitrogen and oxygen atoms in total. The van der Waals surface area contributed by atoms with Gasteiger partial charge in [-0.2, -0.15) is 0 Å². The van der Waals surface area contributed by atoms with E-state index in [9.17, 15) is 4.79 Å². The van der Waals surface area contributed by atoms with Gasteiger partial charge in [0.25, 0.3) is 0 Å². The maximum absolute atomic E-state index is 11.5. The molecule has 1 aliphatic rings. The van der Waals surface area contributed by atoms with Crippen molar-refractivity contribution in [3.8, 4) is 5.75 Å². The van der Waals surface area contributed by atoms with Crippen molar-refractivity contribution in [3.63, 3.8) is 0 Å². The van der Waals surface area contributed by atoms with Crippen molar-refractivity contribution in [1.82, 2.24) is 0 Å². The average molecular weight is 276 g/mol. The van der Waals surface area contributed by atoms with Crippen LogP contribution in [0.3, 0.4) is 0 Å². The van der Waals surface area contributed by atoms with Crippen molar-refractivity contribution >= 4 is 5.78 Å². The van der Waals surface area contributed by atoms with E-state index in [1.807, 2.05) is 0 Å². The smallest absolute Gasteiger partial charge is 0.169 e. The summed E-state index contributed by atoms with van der Waals surface area (Å²) >= 11 is 0. The van der Waals surface area contributed by atoms with Crippen LogP contribution in [-0.2, 0) is 9.53 Å². The fraction of sp³-hybridized carbons (Fsp3) is 0.588. The minimum Gasteiger partial charge on any atom is -0.486 e. The molecule has 0 heterocycles. The van der Waals surface area contributed by atoms with Crippen molar-refractivity contribution in [2.45, 2.75) is 58.2 Å². The first-order chi connectivity index (χ1) is 9.45. The highest BCUT2D eigenvalue weighted by molar-refractivity contribution is 5.90. The monoisotopic (exact) mass is 276 g/mol. The zero-order valence-electron chi connectivity index (χ0n) is 13.0. The van der Waals surface area contributed by atoms with Gasteiger partial charge in [-0.05, 0) is 23.0 Å². The Morgan fingerprint density at radius 3 is 2.05 bits per heavy atom. The van der Waals surface area contributed by atoms with E-state index in [1.54, 1.807) is 7.11 Å². The van der Waals surface area contributed by atoms with Gasteiger partial charge in [0.05, 0.1) is 0 Å². The molecule has 2 rings (SSSR count). The number of carbonyl (C=O) groups is 1. The van der Waals surface area contributed by atoms with Crippen LogP contribution in [-0.4, -0.2) is 25.1 Å². The molecule has 20 heavy (non-hydrogen) atoms. The molecular formula is C17H24O3. The lowest BCUT2D eigenvalue weighted by Gasteiger charge is -2.35. The van der Waals surface area contributed by atoms with E-state index < -0.39 is 6.10 Å². The largest absolute Gasteiger partial charge is 0.486 e. The van der Waals surface area contributed by atoms with Gasteiger partial charge in [-0.25, -0.2) is 0 Å². The number of methoxy groups -OCH3 is 1. The Hall–Kier alpha value is -1.35. The Balaban J connectivity index is 2.31. The molecule has 0 spiro atoms. The second-order valence-electron chi connectivity index (χ2n) is 6.06. The van der Waals surface area contributed by atoms with E-state index in [-0.39, 0.29) is 11.9 Å². The van der Waals surface area contributed by atoms with E-state index in [1.165, 1.54) is 11.1 Å². The molecule has 0 radical (unpaired) electrons. The van der Waals surface area contributed by atoms with Gasteiger partial charge < -0.3 is 9.47 Å². The Kier molecular flexibility index (Phi) is 4.48. The first-order valence-electron chi connectivity index (χ1n) is 7.30. The van der Waals surface area contributed by atoms with Crippen molar-refractivity contribution in [2.24, 2.45) is 0 Å². The SMILES string of the molecule is COC1C(=O)CC1Oc1c(C(C)C)cccc1C(C)C. The van der Waals surface area contributed by atoms with Gasteiger partial charge in [-0.1, -0.05) is 45.9 Å². The van der Waals surface area contributed by atoms with Crippen LogP contribution in [0.5, 0.6) is 5.75 Å². The molecule has 0 amide bonds. The summed E-state index contributed by atoms with van der Waals surface area (Å²) in [4.78, 5) is 11.5. The standard InChI is InChI=1S/C17H24O3/c1-10(2)12-7-6-8-13(11(3)4)16(12)20-15-9-14(18)17(15)19-5/h6-8,10-11,15,17H,9H2,1-5H3. The summed E-state index contributed by atoms with van der Waals surface area (Å²) in [7, 11) is 1.57. The molecule has 1 aromatic carbocycles. The topological polar surface area (TPSA) is 35.5 Å². The first kappa shape index (κ1) is 15.0. The maximum Gasteiger partial charge on any atom is 0.169 e. The molecule has 2 atom stereocenters. The molecule has 1 saturated carbocycles. The third-order valence-electron chi connectivity index (χ3n) is 3.90. The van der Waals surface area contributed by atoms with Crippen LogP contribution in [0.4, 0.5) is 0 Å². The number of ether oxygens (including phenoxy) is 2. The molecule has 0 bridgehead atoms. The summed E-state index contributed by atoms with van der Waals surface area (Å²) in [6.07, 6.45) is -0.109. The normalized spacial score (nSPS) is 22.2. The number of benzene rings is 1. The summed E-state index contributed by atoms with van der Waals surface area (Å²) in [5.41, 5.74) is 2.40. The van der Waals surface area contributed by atoms with Gasteiger partial charge in [0, 0.05) is 13.5 Å². The van der Waals surface area contributed by atoms with Crippen molar-refractivity contribution in [2.75, 3.05) is 7.11 Å². The van der Waals surface area contributed by atoms with Gasteiger partial charge in [-0.15, -0.1) is 0 Å². The van der Waals surface area contributed by atoms with E-state index in [2.05, 4.69) is 45.9 Å². The molecule has 3 heteroatoms. The van der Waals surface area contributed by atoms with Gasteiger partial charge in [0.15, 0.2) is 11.9 Å². The van der Waals surface area contributed by atoms with Gasteiger partial charge in [0.1, 0.15) is 11.9 Å². The number of para-hydroxylation sites is 1. The van der Waals surface area contributed by atoms with Crippen LogP contribution in [0.25, 0.3) is 0 Å². The molecule has 0 aromatic heterocycles. The molecule has 0 saturated heterocycles. The molecule has 1 fully saturated rings. The van der Waals surface area contributed by atoms with Crippen LogP contribution >= 0.6 is 0 Å². The summed E-state index contributed by atoms with van der Waals surface area (Å²) < 4.78 is 11.4.